The smallest absolute Gasteiger partial charge is 0.305 e. The van der Waals surface area contributed by atoms with Gasteiger partial charge in [-0.3, -0.25) is 20.4 Å². The molecule has 0 saturated carbocycles. The summed E-state index contributed by atoms with van der Waals surface area (Å²) < 4.78 is 10.8. The Morgan fingerprint density at radius 3 is 2.52 bits per heavy atom. The molecule has 128 valence electrons. The van der Waals surface area contributed by atoms with Crippen molar-refractivity contribution in [2.45, 2.75) is 13.3 Å². The van der Waals surface area contributed by atoms with Gasteiger partial charge in [0.15, 0.2) is 5.76 Å². The molecule has 3 rings (SSSR count). The fourth-order valence-electron chi connectivity index (χ4n) is 2.64. The fraction of sp³-hybridized carbons (Fsp3) is 0.158. The number of methoxy groups -OCH3 is 1. The van der Waals surface area contributed by atoms with E-state index in [0.29, 0.717) is 11.3 Å². The van der Waals surface area contributed by atoms with Gasteiger partial charge in [0.25, 0.3) is 0 Å². The Morgan fingerprint density at radius 2 is 1.76 bits per heavy atom. The number of fused-ring (bicyclic) bond motifs is 1. The molecule has 0 unspecified atom stereocenters. The van der Waals surface area contributed by atoms with Crippen molar-refractivity contribution in [2.24, 2.45) is 0 Å². The maximum absolute atomic E-state index is 12.3. The number of hydrazine groups is 1. The zero-order valence-corrected chi connectivity index (χ0v) is 14.0. The highest BCUT2D eigenvalue weighted by Crippen LogP contribution is 2.24. The number of aryl methyl sites for hydroxylation is 1. The van der Waals surface area contributed by atoms with Gasteiger partial charge in [-0.05, 0) is 19.1 Å². The van der Waals surface area contributed by atoms with E-state index in [1.54, 1.807) is 32.2 Å². The van der Waals surface area contributed by atoms with Crippen molar-refractivity contribution < 1.29 is 18.7 Å². The van der Waals surface area contributed by atoms with Crippen molar-refractivity contribution in [3.05, 3.63) is 65.4 Å². The topological polar surface area (TPSA) is 80.6 Å². The molecule has 0 radical (unpaired) electrons. The van der Waals surface area contributed by atoms with Crippen molar-refractivity contribution in [3.63, 3.8) is 0 Å². The van der Waals surface area contributed by atoms with Crippen LogP contribution in [-0.4, -0.2) is 18.9 Å². The molecule has 0 atom stereocenters. The van der Waals surface area contributed by atoms with Crippen LogP contribution in [0.1, 0.15) is 21.7 Å². The van der Waals surface area contributed by atoms with Gasteiger partial charge in [0.1, 0.15) is 11.3 Å². The lowest BCUT2D eigenvalue weighted by Gasteiger charge is -2.09. The number of hydrogen-bond acceptors (Lipinski definition) is 4. The Morgan fingerprint density at radius 1 is 1.04 bits per heavy atom. The molecule has 3 aromatic rings. The molecule has 25 heavy (non-hydrogen) atoms. The second kappa shape index (κ2) is 7.09. The molecule has 0 aliphatic rings. The summed E-state index contributed by atoms with van der Waals surface area (Å²) in [5.74, 6) is -0.0513. The summed E-state index contributed by atoms with van der Waals surface area (Å²) in [5, 5.41) is 0.869. The summed E-state index contributed by atoms with van der Waals surface area (Å²) in [7, 11) is 1.54. The first-order valence-electron chi connectivity index (χ1n) is 7.79. The lowest BCUT2D eigenvalue weighted by atomic mass is 10.1. The fourth-order valence-corrected chi connectivity index (χ4v) is 2.64. The third kappa shape index (κ3) is 3.47. The average Bonchev–Trinajstić information content (AvgIpc) is 2.97. The minimum absolute atomic E-state index is 0.0867. The molecular formula is C19H18N2O4. The van der Waals surface area contributed by atoms with Crippen molar-refractivity contribution in [1.29, 1.82) is 0 Å². The average molecular weight is 338 g/mol. The number of amides is 2. The molecule has 1 heterocycles. The zero-order chi connectivity index (χ0) is 17.8. The van der Waals surface area contributed by atoms with Crippen molar-refractivity contribution in [3.8, 4) is 5.75 Å². The Labute approximate surface area is 144 Å². The van der Waals surface area contributed by atoms with Gasteiger partial charge in [0.05, 0.1) is 13.5 Å². The maximum atomic E-state index is 12.3. The van der Waals surface area contributed by atoms with E-state index in [0.717, 1.165) is 16.5 Å². The third-order valence-electron chi connectivity index (χ3n) is 3.91. The van der Waals surface area contributed by atoms with Crippen molar-refractivity contribution in [1.82, 2.24) is 10.9 Å². The summed E-state index contributed by atoms with van der Waals surface area (Å²) in [6.45, 7) is 1.80. The second-order valence-electron chi connectivity index (χ2n) is 5.54. The molecule has 6 nitrogen and oxygen atoms in total. The van der Waals surface area contributed by atoms with Gasteiger partial charge in [0.2, 0.25) is 5.91 Å². The van der Waals surface area contributed by atoms with Crippen LogP contribution in [-0.2, 0) is 11.2 Å². The zero-order valence-electron chi connectivity index (χ0n) is 14.0. The van der Waals surface area contributed by atoms with Gasteiger partial charge < -0.3 is 9.15 Å². The van der Waals surface area contributed by atoms with E-state index < -0.39 is 5.91 Å². The molecule has 2 N–H and O–H groups in total. The van der Waals surface area contributed by atoms with E-state index in [1.165, 1.54) is 0 Å². The molecule has 0 aliphatic heterocycles. The molecule has 0 fully saturated rings. The predicted octanol–water partition coefficient (Wildman–Crippen LogP) is 2.75. The summed E-state index contributed by atoms with van der Waals surface area (Å²) in [5.41, 5.74) is 6.88. The Bertz CT molecular complexity index is 930. The van der Waals surface area contributed by atoms with Crippen LogP contribution in [0.3, 0.4) is 0 Å². The summed E-state index contributed by atoms with van der Waals surface area (Å²) in [4.78, 5) is 24.3. The standard InChI is InChI=1S/C19H18N2O4/c1-12-14-8-4-6-10-16(14)25-18(12)19(23)21-20-17(22)11-13-7-3-5-9-15(13)24-2/h3-10H,11H2,1-2H3,(H,20,22)(H,21,23). The largest absolute Gasteiger partial charge is 0.496 e. The summed E-state index contributed by atoms with van der Waals surface area (Å²) in [6.07, 6.45) is 0.0867. The summed E-state index contributed by atoms with van der Waals surface area (Å²) in [6, 6.07) is 14.6. The molecule has 1 aromatic heterocycles. The third-order valence-corrected chi connectivity index (χ3v) is 3.91. The highest BCUT2D eigenvalue weighted by Gasteiger charge is 2.18. The molecule has 6 heteroatoms. The van der Waals surface area contributed by atoms with E-state index in [9.17, 15) is 9.59 Å². The Balaban J connectivity index is 1.65. The van der Waals surface area contributed by atoms with Crippen LogP contribution in [0.4, 0.5) is 0 Å². The number of carbonyl (C=O) groups is 2. The van der Waals surface area contributed by atoms with Crippen LogP contribution in [0, 0.1) is 6.92 Å². The van der Waals surface area contributed by atoms with Gasteiger partial charge >= 0.3 is 5.91 Å². The minimum atomic E-state index is -0.498. The lowest BCUT2D eigenvalue weighted by Crippen LogP contribution is -2.42. The van der Waals surface area contributed by atoms with Crippen LogP contribution < -0.4 is 15.6 Å². The second-order valence-corrected chi connectivity index (χ2v) is 5.54. The van der Waals surface area contributed by atoms with E-state index in [-0.39, 0.29) is 18.1 Å². The highest BCUT2D eigenvalue weighted by atomic mass is 16.5. The maximum Gasteiger partial charge on any atom is 0.305 e. The van der Waals surface area contributed by atoms with E-state index in [2.05, 4.69) is 10.9 Å². The molecule has 0 bridgehead atoms. The van der Waals surface area contributed by atoms with Crippen LogP contribution in [0.5, 0.6) is 5.75 Å². The van der Waals surface area contributed by atoms with Gasteiger partial charge in [-0.15, -0.1) is 0 Å². The van der Waals surface area contributed by atoms with Gasteiger partial charge in [-0.2, -0.15) is 0 Å². The van der Waals surface area contributed by atoms with Crippen LogP contribution in [0.25, 0.3) is 11.0 Å². The van der Waals surface area contributed by atoms with E-state index in [4.69, 9.17) is 9.15 Å². The minimum Gasteiger partial charge on any atom is -0.496 e. The predicted molar refractivity (Wildman–Crippen MR) is 93.3 cm³/mol. The number of para-hydroxylation sites is 2. The highest BCUT2D eigenvalue weighted by molar-refractivity contribution is 5.99. The molecule has 0 spiro atoms. The molecular weight excluding hydrogens is 320 g/mol. The van der Waals surface area contributed by atoms with E-state index in [1.807, 2.05) is 30.3 Å². The lowest BCUT2D eigenvalue weighted by molar-refractivity contribution is -0.121. The SMILES string of the molecule is COc1ccccc1CC(=O)NNC(=O)c1oc2ccccc2c1C. The molecule has 2 aromatic carbocycles. The van der Waals surface area contributed by atoms with Crippen molar-refractivity contribution in [2.75, 3.05) is 7.11 Å². The van der Waals surface area contributed by atoms with E-state index >= 15 is 0 Å². The normalized spacial score (nSPS) is 10.5. The quantitative estimate of drug-likeness (QED) is 0.717. The molecule has 0 saturated heterocycles. The number of furan rings is 1. The number of nitrogens with one attached hydrogen (secondary N) is 2. The van der Waals surface area contributed by atoms with Gasteiger partial charge in [-0.1, -0.05) is 36.4 Å². The first kappa shape index (κ1) is 16.6. The van der Waals surface area contributed by atoms with Crippen LogP contribution in [0.15, 0.2) is 52.9 Å². The van der Waals surface area contributed by atoms with Crippen LogP contribution in [0.2, 0.25) is 0 Å². The summed E-state index contributed by atoms with van der Waals surface area (Å²) >= 11 is 0. The molecule has 2 amide bonds. The Hall–Kier alpha value is -3.28. The van der Waals surface area contributed by atoms with Crippen molar-refractivity contribution >= 4 is 22.8 Å². The molecule has 0 aliphatic carbocycles. The first-order chi connectivity index (χ1) is 12.1. The number of rotatable bonds is 4. The first-order valence-corrected chi connectivity index (χ1v) is 7.79. The number of hydrogen-bond donors (Lipinski definition) is 2. The monoisotopic (exact) mass is 338 g/mol. The number of ether oxygens (including phenoxy) is 1. The number of benzene rings is 2. The Kier molecular flexibility index (Phi) is 4.70. The van der Waals surface area contributed by atoms with Gasteiger partial charge in [-0.25, -0.2) is 0 Å². The van der Waals surface area contributed by atoms with Crippen LogP contribution >= 0.6 is 0 Å². The number of carbonyl (C=O) groups excluding carboxylic acids is 2. The van der Waals surface area contributed by atoms with Gasteiger partial charge in [0, 0.05) is 16.5 Å².